The summed E-state index contributed by atoms with van der Waals surface area (Å²) in [4.78, 5) is 9.41. The van der Waals surface area contributed by atoms with E-state index in [-0.39, 0.29) is 9.85 Å². The summed E-state index contributed by atoms with van der Waals surface area (Å²) < 4.78 is 0.0967. The summed E-state index contributed by atoms with van der Waals surface area (Å²) in [5.74, 6) is 0. The molecule has 0 aromatic carbocycles. The summed E-state index contributed by atoms with van der Waals surface area (Å²) >= 11 is 1.94. The van der Waals surface area contributed by atoms with Crippen LogP contribution in [0.15, 0.2) is 0 Å². The van der Waals surface area contributed by atoms with Gasteiger partial charge in [-0.2, -0.15) is 0 Å². The maximum Gasteiger partial charge on any atom is -0.412 e. The van der Waals surface area contributed by atoms with E-state index in [1.807, 2.05) is 18.3 Å². The van der Waals surface area contributed by atoms with Crippen LogP contribution >= 0.6 is 0 Å². The van der Waals surface area contributed by atoms with Gasteiger partial charge in [-0.25, -0.2) is 0 Å². The molecule has 0 radical (unpaired) electrons. The SMILES string of the molecule is C[C](=O)[Ru].O. The van der Waals surface area contributed by atoms with Crippen molar-refractivity contribution in [2.24, 2.45) is 0 Å². The molecule has 0 fully saturated rings. The second-order valence-corrected chi connectivity index (χ2v) is 1.68. The van der Waals surface area contributed by atoms with Crippen molar-refractivity contribution >= 4 is 4.38 Å². The van der Waals surface area contributed by atoms with Crippen LogP contribution in [0.1, 0.15) is 6.92 Å². The third-order valence-electron chi connectivity index (χ3n) is 0. The van der Waals surface area contributed by atoms with Gasteiger partial charge < -0.3 is 5.48 Å². The Balaban J connectivity index is 0. The monoisotopic (exact) mass is 163 g/mol. The molecule has 0 amide bonds. The smallest absolute Gasteiger partial charge is 0.412 e. The second-order valence-electron chi connectivity index (χ2n) is 0.453. The van der Waals surface area contributed by atoms with Gasteiger partial charge in [0, 0.05) is 0 Å². The van der Waals surface area contributed by atoms with E-state index in [9.17, 15) is 4.79 Å². The van der Waals surface area contributed by atoms with Crippen LogP contribution in [0, 0.1) is 0 Å². The molecular weight excluding hydrogens is 157 g/mol. The zero-order valence-corrected chi connectivity index (χ0v) is 4.50. The van der Waals surface area contributed by atoms with Crippen LogP contribution in [-0.2, 0) is 23.1 Å². The molecule has 0 saturated heterocycles. The quantitative estimate of drug-likeness (QED) is 0.432. The Morgan fingerprint density at radius 1 is 1.80 bits per heavy atom. The Hall–Kier alpha value is 0.253. The Morgan fingerprint density at radius 3 is 1.80 bits per heavy atom. The molecule has 0 rings (SSSR count). The first-order valence-electron chi connectivity index (χ1n) is 0.881. The molecule has 33 valence electrons. The van der Waals surface area contributed by atoms with E-state index in [1.165, 1.54) is 6.92 Å². The van der Waals surface area contributed by atoms with Gasteiger partial charge in [-0.05, 0) is 0 Å². The zero-order valence-electron chi connectivity index (χ0n) is 2.76. The first kappa shape index (κ1) is 8.98. The van der Waals surface area contributed by atoms with E-state index in [0.29, 0.717) is 0 Å². The van der Waals surface area contributed by atoms with Crippen LogP contribution in [0.25, 0.3) is 0 Å². The number of carbonyl (C=O) groups is 1. The van der Waals surface area contributed by atoms with Crippen molar-refractivity contribution in [3.63, 3.8) is 0 Å². The molecule has 0 aromatic heterocycles. The number of rotatable bonds is 0. The van der Waals surface area contributed by atoms with Crippen LogP contribution in [0.2, 0.25) is 0 Å². The molecule has 0 spiro atoms. The van der Waals surface area contributed by atoms with E-state index in [1.54, 1.807) is 0 Å². The second kappa shape index (κ2) is 4.25. The minimum absolute atomic E-state index is 0. The maximum absolute atomic E-state index is 9.41. The van der Waals surface area contributed by atoms with Gasteiger partial charge in [-0.1, -0.05) is 0 Å². The third kappa shape index (κ3) is 336. The fraction of sp³-hybridized carbons (Fsp3) is 0.500. The minimum Gasteiger partial charge on any atom is -0.412 e. The van der Waals surface area contributed by atoms with Gasteiger partial charge in [0.1, 0.15) is 0 Å². The van der Waals surface area contributed by atoms with Crippen molar-refractivity contribution in [1.82, 2.24) is 0 Å². The van der Waals surface area contributed by atoms with Crippen molar-refractivity contribution in [3.8, 4) is 0 Å². The van der Waals surface area contributed by atoms with Crippen molar-refractivity contribution in [1.29, 1.82) is 0 Å². The van der Waals surface area contributed by atoms with Crippen LogP contribution in [0.3, 0.4) is 0 Å². The van der Waals surface area contributed by atoms with E-state index >= 15 is 0 Å². The zero-order chi connectivity index (χ0) is 3.58. The molecule has 3 heteroatoms. The molecule has 5 heavy (non-hydrogen) atoms. The molecule has 2 N–H and O–H groups in total. The summed E-state index contributed by atoms with van der Waals surface area (Å²) in [6.45, 7) is 1.50. The normalized spacial score (nSPS) is 5.20. The van der Waals surface area contributed by atoms with Crippen molar-refractivity contribution in [3.05, 3.63) is 0 Å². The van der Waals surface area contributed by atoms with Gasteiger partial charge in [-0.3, -0.25) is 0 Å². The fourth-order valence-corrected chi connectivity index (χ4v) is 0. The number of hydrogen-bond donors (Lipinski definition) is 0. The topological polar surface area (TPSA) is 48.6 Å². The van der Waals surface area contributed by atoms with E-state index in [2.05, 4.69) is 0 Å². The van der Waals surface area contributed by atoms with Crippen molar-refractivity contribution in [2.45, 2.75) is 6.92 Å². The van der Waals surface area contributed by atoms with Gasteiger partial charge in [0.15, 0.2) is 0 Å². The van der Waals surface area contributed by atoms with E-state index in [0.717, 1.165) is 0 Å². The third-order valence-corrected chi connectivity index (χ3v) is 0. The minimum atomic E-state index is 0. The molecule has 2 nitrogen and oxygen atoms in total. The molecule has 0 aliphatic rings. The molecule has 0 aromatic rings. The van der Waals surface area contributed by atoms with Crippen LogP contribution < -0.4 is 0 Å². The molecule has 0 saturated carbocycles. The van der Waals surface area contributed by atoms with Crippen LogP contribution in [0.4, 0.5) is 0 Å². The maximum atomic E-state index is 9.41. The summed E-state index contributed by atoms with van der Waals surface area (Å²) in [5, 5.41) is 0. The summed E-state index contributed by atoms with van der Waals surface area (Å²) in [7, 11) is 0. The number of hydrogen-bond acceptors (Lipinski definition) is 1. The molecule has 0 heterocycles. The summed E-state index contributed by atoms with van der Waals surface area (Å²) in [6.07, 6.45) is 0. The van der Waals surface area contributed by atoms with E-state index < -0.39 is 0 Å². The first-order valence-corrected chi connectivity index (χ1v) is 1.75. The average Bonchev–Trinajstić information content (AvgIpc) is 0.811. The van der Waals surface area contributed by atoms with Gasteiger partial charge in [0.25, 0.3) is 0 Å². The van der Waals surface area contributed by atoms with Gasteiger partial charge in [0.05, 0.1) is 0 Å². The van der Waals surface area contributed by atoms with Gasteiger partial charge >= 0.3 is 34.4 Å². The Bertz CT molecular complexity index is 30.6. The van der Waals surface area contributed by atoms with E-state index in [4.69, 9.17) is 0 Å². The summed E-state index contributed by atoms with van der Waals surface area (Å²) in [5.41, 5.74) is 0. The largest absolute Gasteiger partial charge is 0.412 e. The first-order chi connectivity index (χ1) is 1.73. The predicted octanol–water partition coefficient (Wildman–Crippen LogP) is -0.745. The number of carbonyl (C=O) groups excluding carboxylic acids is 1. The predicted molar refractivity (Wildman–Crippen MR) is 14.3 cm³/mol. The Morgan fingerprint density at radius 2 is 1.80 bits per heavy atom. The van der Waals surface area contributed by atoms with Crippen LogP contribution in [-0.4, -0.2) is 9.85 Å². The molecule has 0 bridgehead atoms. The van der Waals surface area contributed by atoms with Gasteiger partial charge in [-0.15, -0.1) is 0 Å². The van der Waals surface area contributed by atoms with Crippen molar-refractivity contribution in [2.75, 3.05) is 0 Å². The van der Waals surface area contributed by atoms with Crippen molar-refractivity contribution < 1.29 is 28.6 Å². The molecule has 0 unspecified atom stereocenters. The Kier molecular flexibility index (Phi) is 7.64. The fourth-order valence-electron chi connectivity index (χ4n) is 0. The molecule has 0 atom stereocenters. The Labute approximate surface area is 40.5 Å². The molecular formula is C2H5O2Ru. The molecule has 0 aliphatic heterocycles. The van der Waals surface area contributed by atoms with Gasteiger partial charge in [0.2, 0.25) is 0 Å². The van der Waals surface area contributed by atoms with Crippen LogP contribution in [0.5, 0.6) is 0 Å². The average molecular weight is 162 g/mol. The molecule has 0 aliphatic carbocycles. The standard InChI is InChI=1S/C2H3O.H2O.Ru/c1-2-3;;/h1H3;1H2;. The summed E-state index contributed by atoms with van der Waals surface area (Å²) in [6, 6.07) is 0.